The molecule has 1 aromatic heterocycles. The maximum Gasteiger partial charge on any atom is 0.227 e. The second-order valence-electron chi connectivity index (χ2n) is 7.06. The fourth-order valence-corrected chi connectivity index (χ4v) is 2.70. The molecule has 0 fully saturated rings. The molecule has 140 valence electrons. The van der Waals surface area contributed by atoms with Crippen molar-refractivity contribution in [2.24, 2.45) is 0 Å². The lowest BCUT2D eigenvalue weighted by Crippen LogP contribution is -2.28. The first-order valence-electron chi connectivity index (χ1n) is 9.13. The minimum absolute atomic E-state index is 0.597. The number of hydrogen-bond acceptors (Lipinski definition) is 5. The van der Waals surface area contributed by atoms with Gasteiger partial charge in [-0.05, 0) is 50.8 Å². The first-order valence-corrected chi connectivity index (χ1v) is 9.13. The summed E-state index contributed by atoms with van der Waals surface area (Å²) in [5, 5.41) is 3.26. The summed E-state index contributed by atoms with van der Waals surface area (Å²) in [6.07, 6.45) is 3.70. The Morgan fingerprint density at radius 3 is 2.00 bits per heavy atom. The van der Waals surface area contributed by atoms with Crippen LogP contribution in [0.1, 0.15) is 5.56 Å². The number of aryl methyl sites for hydroxylation is 1. The Labute approximate surface area is 161 Å². The van der Waals surface area contributed by atoms with E-state index in [0.29, 0.717) is 5.95 Å². The Morgan fingerprint density at radius 2 is 1.41 bits per heavy atom. The van der Waals surface area contributed by atoms with E-state index in [0.717, 1.165) is 29.9 Å². The highest BCUT2D eigenvalue weighted by atomic mass is 15.2. The molecule has 0 spiro atoms. The molecule has 2 aromatic carbocycles. The number of rotatable bonds is 7. The standard InChI is InChI=1S/C22H27N5/c1-17-5-7-18(8-6-17)19-15-23-22(24-16-19)25-20-9-11-21(12-10-20)27(4)14-13-26(2)3/h5-12,15-16H,13-14H2,1-4H3,(H,23,24,25). The van der Waals surface area contributed by atoms with Crippen LogP contribution in [-0.2, 0) is 0 Å². The van der Waals surface area contributed by atoms with Gasteiger partial charge in [-0.1, -0.05) is 29.8 Å². The predicted octanol–water partition coefficient (Wildman–Crippen LogP) is 4.19. The molecule has 1 N–H and O–H groups in total. The van der Waals surface area contributed by atoms with Gasteiger partial charge in [-0.2, -0.15) is 0 Å². The van der Waals surface area contributed by atoms with Crippen molar-refractivity contribution in [2.75, 3.05) is 44.4 Å². The van der Waals surface area contributed by atoms with Gasteiger partial charge in [-0.15, -0.1) is 0 Å². The molecule has 0 radical (unpaired) electrons. The second kappa shape index (κ2) is 8.64. The number of nitrogens with zero attached hydrogens (tertiary/aromatic N) is 4. The molecule has 0 atom stereocenters. The van der Waals surface area contributed by atoms with E-state index in [9.17, 15) is 0 Å². The molecule has 27 heavy (non-hydrogen) atoms. The normalized spacial score (nSPS) is 10.9. The summed E-state index contributed by atoms with van der Waals surface area (Å²) in [5.41, 5.74) is 5.55. The quantitative estimate of drug-likeness (QED) is 0.683. The highest BCUT2D eigenvalue weighted by molar-refractivity contribution is 5.64. The monoisotopic (exact) mass is 361 g/mol. The maximum atomic E-state index is 4.44. The smallest absolute Gasteiger partial charge is 0.227 e. The lowest BCUT2D eigenvalue weighted by atomic mass is 10.1. The van der Waals surface area contributed by atoms with Crippen molar-refractivity contribution in [1.82, 2.24) is 14.9 Å². The van der Waals surface area contributed by atoms with E-state index in [1.165, 1.54) is 11.3 Å². The second-order valence-corrected chi connectivity index (χ2v) is 7.06. The molecule has 0 saturated heterocycles. The van der Waals surface area contributed by atoms with E-state index in [-0.39, 0.29) is 0 Å². The zero-order valence-electron chi connectivity index (χ0n) is 16.5. The van der Waals surface area contributed by atoms with E-state index in [1.807, 2.05) is 12.4 Å². The van der Waals surface area contributed by atoms with Gasteiger partial charge in [0, 0.05) is 49.5 Å². The van der Waals surface area contributed by atoms with Crippen LogP contribution in [0.25, 0.3) is 11.1 Å². The average Bonchev–Trinajstić information content (AvgIpc) is 2.68. The molecule has 0 aliphatic rings. The minimum atomic E-state index is 0.597. The minimum Gasteiger partial charge on any atom is -0.373 e. The number of benzene rings is 2. The van der Waals surface area contributed by atoms with Crippen LogP contribution in [0.4, 0.5) is 17.3 Å². The van der Waals surface area contributed by atoms with Gasteiger partial charge in [0.2, 0.25) is 5.95 Å². The molecule has 0 unspecified atom stereocenters. The molecular formula is C22H27N5. The van der Waals surface area contributed by atoms with Crippen LogP contribution >= 0.6 is 0 Å². The van der Waals surface area contributed by atoms with Crippen LogP contribution in [0.15, 0.2) is 60.9 Å². The lowest BCUT2D eigenvalue weighted by molar-refractivity contribution is 0.416. The summed E-state index contributed by atoms with van der Waals surface area (Å²) in [7, 11) is 6.29. The summed E-state index contributed by atoms with van der Waals surface area (Å²) in [6.45, 7) is 4.10. The van der Waals surface area contributed by atoms with E-state index in [2.05, 4.69) is 102 Å². The summed E-state index contributed by atoms with van der Waals surface area (Å²) in [5.74, 6) is 0.597. The molecule has 5 heteroatoms. The third-order valence-electron chi connectivity index (χ3n) is 4.48. The van der Waals surface area contributed by atoms with E-state index in [4.69, 9.17) is 0 Å². The van der Waals surface area contributed by atoms with E-state index >= 15 is 0 Å². The number of anilines is 3. The first kappa shape index (κ1) is 18.9. The topological polar surface area (TPSA) is 44.3 Å². The average molecular weight is 361 g/mol. The Kier molecular flexibility index (Phi) is 6.04. The van der Waals surface area contributed by atoms with Gasteiger partial charge in [0.05, 0.1) is 0 Å². The van der Waals surface area contributed by atoms with Crippen LogP contribution in [0, 0.1) is 6.92 Å². The predicted molar refractivity (Wildman–Crippen MR) is 114 cm³/mol. The fourth-order valence-electron chi connectivity index (χ4n) is 2.70. The molecule has 3 rings (SSSR count). The SMILES string of the molecule is Cc1ccc(-c2cnc(Nc3ccc(N(C)CCN(C)C)cc3)nc2)cc1. The van der Waals surface area contributed by atoms with Crippen molar-refractivity contribution in [2.45, 2.75) is 6.92 Å². The Bertz CT molecular complexity index is 839. The molecule has 0 aliphatic heterocycles. The summed E-state index contributed by atoms with van der Waals surface area (Å²) >= 11 is 0. The Balaban J connectivity index is 1.62. The van der Waals surface area contributed by atoms with Gasteiger partial charge >= 0.3 is 0 Å². The van der Waals surface area contributed by atoms with Gasteiger partial charge in [0.25, 0.3) is 0 Å². The van der Waals surface area contributed by atoms with E-state index in [1.54, 1.807) is 0 Å². The van der Waals surface area contributed by atoms with Crippen LogP contribution in [0.2, 0.25) is 0 Å². The van der Waals surface area contributed by atoms with Gasteiger partial charge in [-0.25, -0.2) is 9.97 Å². The fraction of sp³-hybridized carbons (Fsp3) is 0.273. The van der Waals surface area contributed by atoms with Crippen molar-refractivity contribution >= 4 is 17.3 Å². The van der Waals surface area contributed by atoms with Crippen LogP contribution in [-0.4, -0.2) is 49.1 Å². The number of likely N-dealkylation sites (N-methyl/N-ethyl adjacent to an activating group) is 2. The van der Waals surface area contributed by atoms with Crippen LogP contribution in [0.3, 0.4) is 0 Å². The molecule has 0 amide bonds. The first-order chi connectivity index (χ1) is 13.0. The zero-order chi connectivity index (χ0) is 19.2. The summed E-state index contributed by atoms with van der Waals surface area (Å²) in [4.78, 5) is 13.3. The Hall–Kier alpha value is -2.92. The van der Waals surface area contributed by atoms with Crippen molar-refractivity contribution in [3.8, 4) is 11.1 Å². The van der Waals surface area contributed by atoms with Crippen molar-refractivity contribution < 1.29 is 0 Å². The highest BCUT2D eigenvalue weighted by Crippen LogP contribution is 2.21. The third kappa shape index (κ3) is 5.28. The van der Waals surface area contributed by atoms with Crippen molar-refractivity contribution in [1.29, 1.82) is 0 Å². The molecule has 3 aromatic rings. The van der Waals surface area contributed by atoms with Crippen LogP contribution in [0.5, 0.6) is 0 Å². The number of nitrogens with one attached hydrogen (secondary N) is 1. The van der Waals surface area contributed by atoms with Gasteiger partial charge in [0.15, 0.2) is 0 Å². The molecule has 0 saturated carbocycles. The van der Waals surface area contributed by atoms with Gasteiger partial charge in [0.1, 0.15) is 0 Å². The van der Waals surface area contributed by atoms with Crippen molar-refractivity contribution in [3.05, 3.63) is 66.5 Å². The zero-order valence-corrected chi connectivity index (χ0v) is 16.5. The van der Waals surface area contributed by atoms with Gasteiger partial charge < -0.3 is 15.1 Å². The lowest BCUT2D eigenvalue weighted by Gasteiger charge is -2.21. The molecule has 1 heterocycles. The number of aromatic nitrogens is 2. The molecule has 0 aliphatic carbocycles. The van der Waals surface area contributed by atoms with Crippen molar-refractivity contribution in [3.63, 3.8) is 0 Å². The Morgan fingerprint density at radius 1 is 0.778 bits per heavy atom. The highest BCUT2D eigenvalue weighted by Gasteiger charge is 2.04. The van der Waals surface area contributed by atoms with E-state index < -0.39 is 0 Å². The van der Waals surface area contributed by atoms with Gasteiger partial charge in [-0.3, -0.25) is 0 Å². The third-order valence-corrected chi connectivity index (χ3v) is 4.48. The molecule has 0 bridgehead atoms. The molecule has 5 nitrogen and oxygen atoms in total. The summed E-state index contributed by atoms with van der Waals surface area (Å²) < 4.78 is 0. The summed E-state index contributed by atoms with van der Waals surface area (Å²) in [6, 6.07) is 16.7. The number of hydrogen-bond donors (Lipinski definition) is 1. The largest absolute Gasteiger partial charge is 0.373 e. The van der Waals surface area contributed by atoms with Crippen LogP contribution < -0.4 is 10.2 Å². The molecular weight excluding hydrogens is 334 g/mol. The maximum absolute atomic E-state index is 4.44.